The van der Waals surface area contributed by atoms with Crippen molar-refractivity contribution in [3.63, 3.8) is 0 Å². The van der Waals surface area contributed by atoms with Crippen LogP contribution in [0.4, 0.5) is 5.69 Å². The number of hydrogen-bond acceptors (Lipinski definition) is 6. The van der Waals surface area contributed by atoms with Gasteiger partial charge in [0, 0.05) is 32.2 Å². The maximum absolute atomic E-state index is 13.4. The van der Waals surface area contributed by atoms with Gasteiger partial charge in [0.15, 0.2) is 5.75 Å². The van der Waals surface area contributed by atoms with Gasteiger partial charge in [-0.1, -0.05) is 44.9 Å². The third-order valence-electron chi connectivity index (χ3n) is 5.90. The SMILES string of the molecule is CCCCN(CCCC)c1cc(C(=O)N(C)CCCN(C)C)cc(S(N)(=O)=O)c1Oc1ccccc1. The molecule has 0 saturated carbocycles. The number of carbonyl (C=O) groups is 1. The number of unbranched alkanes of at least 4 members (excludes halogenated alkanes) is 2. The van der Waals surface area contributed by atoms with E-state index in [0.29, 0.717) is 31.1 Å². The van der Waals surface area contributed by atoms with Crippen molar-refractivity contribution in [1.82, 2.24) is 9.80 Å². The molecule has 0 aromatic heterocycles. The highest BCUT2D eigenvalue weighted by Crippen LogP contribution is 2.40. The highest BCUT2D eigenvalue weighted by molar-refractivity contribution is 7.89. The van der Waals surface area contributed by atoms with E-state index in [4.69, 9.17) is 9.88 Å². The minimum Gasteiger partial charge on any atom is -0.454 e. The first-order valence-corrected chi connectivity index (χ1v) is 14.2. The zero-order valence-corrected chi connectivity index (χ0v) is 23.2. The number of nitrogens with zero attached hydrogens (tertiary/aromatic N) is 3. The van der Waals surface area contributed by atoms with Gasteiger partial charge < -0.3 is 19.4 Å². The van der Waals surface area contributed by atoms with Crippen LogP contribution in [0.2, 0.25) is 0 Å². The van der Waals surface area contributed by atoms with Gasteiger partial charge in [0.05, 0.1) is 5.69 Å². The summed E-state index contributed by atoms with van der Waals surface area (Å²) in [5.41, 5.74) is 0.845. The lowest BCUT2D eigenvalue weighted by Crippen LogP contribution is -2.31. The second kappa shape index (κ2) is 14.2. The highest BCUT2D eigenvalue weighted by atomic mass is 32.2. The van der Waals surface area contributed by atoms with E-state index in [2.05, 4.69) is 23.6 Å². The van der Waals surface area contributed by atoms with Crippen LogP contribution < -0.4 is 14.8 Å². The van der Waals surface area contributed by atoms with E-state index in [0.717, 1.165) is 38.6 Å². The number of para-hydroxylation sites is 1. The zero-order chi connectivity index (χ0) is 26.7. The first-order valence-electron chi connectivity index (χ1n) is 12.7. The van der Waals surface area contributed by atoms with Crippen molar-refractivity contribution in [1.29, 1.82) is 0 Å². The van der Waals surface area contributed by atoms with Crippen molar-refractivity contribution in [3.8, 4) is 11.5 Å². The monoisotopic (exact) mass is 518 g/mol. The number of rotatable bonds is 15. The molecule has 0 aliphatic heterocycles. The Balaban J connectivity index is 2.64. The van der Waals surface area contributed by atoms with Crippen LogP contribution in [0, 0.1) is 0 Å². The van der Waals surface area contributed by atoms with Crippen LogP contribution in [0.5, 0.6) is 11.5 Å². The van der Waals surface area contributed by atoms with E-state index in [1.807, 2.05) is 32.3 Å². The highest BCUT2D eigenvalue weighted by Gasteiger charge is 2.27. The van der Waals surface area contributed by atoms with Crippen molar-refractivity contribution in [2.75, 3.05) is 52.2 Å². The quantitative estimate of drug-likeness (QED) is 0.371. The van der Waals surface area contributed by atoms with Gasteiger partial charge in [-0.2, -0.15) is 0 Å². The minimum atomic E-state index is -4.19. The van der Waals surface area contributed by atoms with Crippen LogP contribution in [-0.4, -0.2) is 71.4 Å². The fraction of sp³-hybridized carbons (Fsp3) is 0.519. The first-order chi connectivity index (χ1) is 17.1. The second-order valence-electron chi connectivity index (χ2n) is 9.36. The number of nitrogens with two attached hydrogens (primary N) is 1. The summed E-state index contributed by atoms with van der Waals surface area (Å²) in [5, 5.41) is 5.68. The Bertz CT molecular complexity index is 1070. The smallest absolute Gasteiger partial charge is 0.253 e. The lowest BCUT2D eigenvalue weighted by Gasteiger charge is -2.29. The van der Waals surface area contributed by atoms with Crippen LogP contribution in [0.1, 0.15) is 56.3 Å². The van der Waals surface area contributed by atoms with E-state index in [9.17, 15) is 13.2 Å². The molecule has 2 N–H and O–H groups in total. The molecule has 0 atom stereocenters. The number of carbonyl (C=O) groups excluding carboxylic acids is 1. The lowest BCUT2D eigenvalue weighted by atomic mass is 10.1. The summed E-state index contributed by atoms with van der Waals surface area (Å²) in [5.74, 6) is 0.397. The van der Waals surface area contributed by atoms with E-state index in [1.165, 1.54) is 6.07 Å². The molecule has 0 heterocycles. The molecule has 0 aliphatic rings. The predicted molar refractivity (Wildman–Crippen MR) is 146 cm³/mol. The molecule has 2 rings (SSSR count). The molecule has 36 heavy (non-hydrogen) atoms. The van der Waals surface area contributed by atoms with Crippen LogP contribution in [0.3, 0.4) is 0 Å². The molecule has 8 nitrogen and oxygen atoms in total. The van der Waals surface area contributed by atoms with Gasteiger partial charge in [-0.25, -0.2) is 13.6 Å². The number of benzene rings is 2. The Morgan fingerprint density at radius 2 is 1.50 bits per heavy atom. The van der Waals surface area contributed by atoms with Gasteiger partial charge in [-0.3, -0.25) is 4.79 Å². The molecule has 1 amide bonds. The Hall–Kier alpha value is -2.62. The summed E-state index contributed by atoms with van der Waals surface area (Å²) in [6.45, 7) is 7.03. The zero-order valence-electron chi connectivity index (χ0n) is 22.4. The normalized spacial score (nSPS) is 11.5. The maximum Gasteiger partial charge on any atom is 0.253 e. The number of amides is 1. The van der Waals surface area contributed by atoms with Crippen LogP contribution in [0.25, 0.3) is 0 Å². The summed E-state index contributed by atoms with van der Waals surface area (Å²) in [7, 11) is 1.51. The maximum atomic E-state index is 13.4. The largest absolute Gasteiger partial charge is 0.454 e. The molecule has 9 heteroatoms. The molecule has 0 unspecified atom stereocenters. The molecule has 0 radical (unpaired) electrons. The van der Waals surface area contributed by atoms with Crippen molar-refractivity contribution >= 4 is 21.6 Å². The summed E-state index contributed by atoms with van der Waals surface area (Å²) in [6, 6.07) is 12.1. The van der Waals surface area contributed by atoms with Gasteiger partial charge in [-0.15, -0.1) is 0 Å². The lowest BCUT2D eigenvalue weighted by molar-refractivity contribution is 0.0790. The summed E-state index contributed by atoms with van der Waals surface area (Å²) in [6.07, 6.45) is 4.60. The van der Waals surface area contributed by atoms with Gasteiger partial charge >= 0.3 is 0 Å². The van der Waals surface area contributed by atoms with Crippen molar-refractivity contribution < 1.29 is 17.9 Å². The molecule has 0 aliphatic carbocycles. The molecular weight excluding hydrogens is 476 g/mol. The van der Waals surface area contributed by atoms with Crippen molar-refractivity contribution in [3.05, 3.63) is 48.0 Å². The fourth-order valence-electron chi connectivity index (χ4n) is 3.86. The third-order valence-corrected chi connectivity index (χ3v) is 6.82. The Kier molecular flexibility index (Phi) is 11.7. The van der Waals surface area contributed by atoms with E-state index in [-0.39, 0.29) is 22.1 Å². The molecular formula is C27H42N4O4S. The Morgan fingerprint density at radius 3 is 2.03 bits per heavy atom. The minimum absolute atomic E-state index is 0.155. The van der Waals surface area contributed by atoms with Crippen molar-refractivity contribution in [2.24, 2.45) is 5.14 Å². The number of primary sulfonamides is 1. The topological polar surface area (TPSA) is 96.2 Å². The number of hydrogen-bond donors (Lipinski definition) is 1. The van der Waals surface area contributed by atoms with Gasteiger partial charge in [-0.05, 0) is 64.2 Å². The molecule has 0 saturated heterocycles. The molecule has 2 aromatic carbocycles. The number of anilines is 1. The fourth-order valence-corrected chi connectivity index (χ4v) is 4.56. The van der Waals surface area contributed by atoms with Crippen LogP contribution >= 0.6 is 0 Å². The Labute approximate surface area is 217 Å². The predicted octanol–water partition coefficient (Wildman–Crippen LogP) is 4.56. The summed E-state index contributed by atoms with van der Waals surface area (Å²) < 4.78 is 31.7. The average Bonchev–Trinajstić information content (AvgIpc) is 2.83. The molecule has 2 aromatic rings. The molecule has 0 fully saturated rings. The van der Waals surface area contributed by atoms with E-state index < -0.39 is 10.0 Å². The molecule has 0 bridgehead atoms. The van der Waals surface area contributed by atoms with Gasteiger partial charge in [0.2, 0.25) is 10.0 Å². The van der Waals surface area contributed by atoms with Gasteiger partial charge in [0.1, 0.15) is 10.6 Å². The molecule has 200 valence electrons. The third kappa shape index (κ3) is 8.80. The average molecular weight is 519 g/mol. The number of sulfonamides is 1. The summed E-state index contributed by atoms with van der Waals surface area (Å²) >= 11 is 0. The second-order valence-corrected chi connectivity index (χ2v) is 10.9. The first kappa shape index (κ1) is 29.6. The van der Waals surface area contributed by atoms with Crippen LogP contribution in [0.15, 0.2) is 47.4 Å². The molecule has 0 spiro atoms. The van der Waals surface area contributed by atoms with E-state index in [1.54, 1.807) is 30.1 Å². The summed E-state index contributed by atoms with van der Waals surface area (Å²) in [4.78, 5) is 19.0. The Morgan fingerprint density at radius 1 is 0.889 bits per heavy atom. The van der Waals surface area contributed by atoms with Gasteiger partial charge in [0.25, 0.3) is 5.91 Å². The van der Waals surface area contributed by atoms with Crippen LogP contribution in [-0.2, 0) is 10.0 Å². The van der Waals surface area contributed by atoms with E-state index >= 15 is 0 Å². The number of ether oxygens (including phenoxy) is 1. The van der Waals surface area contributed by atoms with Crippen molar-refractivity contribution in [2.45, 2.75) is 50.8 Å². The standard InChI is InChI=1S/C27H42N4O4S/c1-6-8-18-31(19-9-7-2)24-20-22(27(32)30(5)17-13-16-29(3)4)21-25(36(28,33)34)26(24)35-23-14-11-10-12-15-23/h10-12,14-15,20-21H,6-9,13,16-19H2,1-5H3,(H2,28,33,34).